The molecule has 0 aliphatic carbocycles. The van der Waals surface area contributed by atoms with Gasteiger partial charge in [-0.25, -0.2) is 4.68 Å². The van der Waals surface area contributed by atoms with Gasteiger partial charge in [0.25, 0.3) is 0 Å². The predicted octanol–water partition coefficient (Wildman–Crippen LogP) is 2.71. The molecule has 1 aromatic heterocycles. The van der Waals surface area contributed by atoms with Gasteiger partial charge in [0, 0.05) is 38.3 Å². The minimum absolute atomic E-state index is 0.111. The normalized spacial score (nSPS) is 14.7. The largest absolute Gasteiger partial charge is 0.339 e. The molecule has 0 spiro atoms. The van der Waals surface area contributed by atoms with Gasteiger partial charge in [-0.3, -0.25) is 9.69 Å². The maximum absolute atomic E-state index is 12.7. The summed E-state index contributed by atoms with van der Waals surface area (Å²) in [6, 6.07) is 16.6. The van der Waals surface area contributed by atoms with Crippen LogP contribution in [0.2, 0.25) is 0 Å². The highest BCUT2D eigenvalue weighted by Crippen LogP contribution is 2.22. The number of hydrogen-bond donors (Lipinski definition) is 1. The number of carbonyl (C=O) groups is 1. The molecule has 3 aromatic rings. The number of hydrogen-bond acceptors (Lipinski definition) is 6. The lowest BCUT2D eigenvalue weighted by Crippen LogP contribution is -2.48. The van der Waals surface area contributed by atoms with E-state index in [2.05, 4.69) is 46.3 Å². The van der Waals surface area contributed by atoms with E-state index in [1.807, 2.05) is 36.1 Å². The summed E-state index contributed by atoms with van der Waals surface area (Å²) in [6.45, 7) is 8.33. The summed E-state index contributed by atoms with van der Waals surface area (Å²) in [4.78, 5) is 17.0. The van der Waals surface area contributed by atoms with E-state index in [1.54, 1.807) is 0 Å². The third-order valence-corrected chi connectivity index (χ3v) is 6.44. The number of benzene rings is 2. The van der Waals surface area contributed by atoms with Gasteiger partial charge in [-0.05, 0) is 19.4 Å². The monoisotopic (exact) mass is 436 g/mol. The van der Waals surface area contributed by atoms with Crippen molar-refractivity contribution < 1.29 is 4.79 Å². The first kappa shape index (κ1) is 21.4. The van der Waals surface area contributed by atoms with Crippen molar-refractivity contribution in [2.45, 2.75) is 25.5 Å². The van der Waals surface area contributed by atoms with Crippen LogP contribution in [-0.2, 0) is 11.3 Å². The Bertz CT molecular complexity index is 1040. The van der Waals surface area contributed by atoms with Gasteiger partial charge in [0.1, 0.15) is 0 Å². The Morgan fingerprint density at radius 2 is 1.74 bits per heavy atom. The molecule has 7 nitrogen and oxygen atoms in total. The number of nitrogens with zero attached hydrogens (tertiary/aromatic N) is 5. The van der Waals surface area contributed by atoms with Crippen molar-refractivity contribution in [3.8, 4) is 11.4 Å². The summed E-state index contributed by atoms with van der Waals surface area (Å²) < 4.78 is 1.46. The fourth-order valence-corrected chi connectivity index (χ4v) is 4.48. The number of carbonyl (C=O) groups excluding carboxylic acids is 1. The van der Waals surface area contributed by atoms with Gasteiger partial charge in [0.2, 0.25) is 11.1 Å². The molecule has 1 aliphatic heterocycles. The zero-order valence-corrected chi connectivity index (χ0v) is 18.8. The van der Waals surface area contributed by atoms with E-state index in [0.29, 0.717) is 16.7 Å². The average Bonchev–Trinajstić information content (AvgIpc) is 3.13. The summed E-state index contributed by atoms with van der Waals surface area (Å²) in [6.07, 6.45) is 0. The molecule has 8 heteroatoms. The van der Waals surface area contributed by atoms with Crippen LogP contribution in [0.25, 0.3) is 11.4 Å². The third kappa shape index (κ3) is 5.26. The van der Waals surface area contributed by atoms with Crippen molar-refractivity contribution in [2.75, 3.05) is 37.8 Å². The average molecular weight is 437 g/mol. The Balaban J connectivity index is 1.27. The number of piperazine rings is 1. The lowest BCUT2D eigenvalue weighted by Gasteiger charge is -2.34. The van der Waals surface area contributed by atoms with Crippen molar-refractivity contribution in [1.82, 2.24) is 24.7 Å². The van der Waals surface area contributed by atoms with Crippen LogP contribution in [0.3, 0.4) is 0 Å². The minimum atomic E-state index is 0.111. The number of nitrogens with two attached hydrogens (primary N) is 1. The number of rotatable bonds is 6. The number of thioether (sulfide) groups is 1. The van der Waals surface area contributed by atoms with Crippen molar-refractivity contribution in [3.05, 3.63) is 65.2 Å². The van der Waals surface area contributed by atoms with Crippen molar-refractivity contribution >= 4 is 17.7 Å². The molecule has 0 saturated carbocycles. The molecule has 1 fully saturated rings. The fourth-order valence-electron chi connectivity index (χ4n) is 3.72. The smallest absolute Gasteiger partial charge is 0.233 e. The van der Waals surface area contributed by atoms with Crippen LogP contribution < -0.4 is 5.84 Å². The Labute approximate surface area is 187 Å². The summed E-state index contributed by atoms with van der Waals surface area (Å²) in [5.41, 5.74) is 4.68. The number of amides is 1. The van der Waals surface area contributed by atoms with Crippen LogP contribution in [0.1, 0.15) is 16.7 Å². The molecule has 2 N–H and O–H groups in total. The molecule has 0 radical (unpaired) electrons. The van der Waals surface area contributed by atoms with Crippen molar-refractivity contribution in [1.29, 1.82) is 0 Å². The van der Waals surface area contributed by atoms with E-state index in [4.69, 9.17) is 5.84 Å². The van der Waals surface area contributed by atoms with E-state index >= 15 is 0 Å². The molecular formula is C23H28N6OS. The van der Waals surface area contributed by atoms with Gasteiger partial charge in [0.15, 0.2) is 5.82 Å². The first-order valence-electron chi connectivity index (χ1n) is 10.5. The van der Waals surface area contributed by atoms with E-state index in [9.17, 15) is 4.79 Å². The summed E-state index contributed by atoms with van der Waals surface area (Å²) in [5.74, 6) is 7.19. The standard InChI is InChI=1S/C23H28N6OS/c1-17-6-8-20(9-7-17)22-25-26-23(29(22)24)31-16-21(30)28-12-10-27(11-13-28)15-19-5-3-4-18(2)14-19/h3-9,14H,10-13,15-16,24H2,1-2H3. The molecular weight excluding hydrogens is 408 g/mol. The molecule has 4 rings (SSSR count). The second-order valence-corrected chi connectivity index (χ2v) is 8.92. The number of nitrogen functional groups attached to an aromatic ring is 1. The van der Waals surface area contributed by atoms with Crippen LogP contribution in [-0.4, -0.2) is 62.5 Å². The second-order valence-electron chi connectivity index (χ2n) is 7.98. The van der Waals surface area contributed by atoms with Crippen LogP contribution in [0.15, 0.2) is 53.7 Å². The van der Waals surface area contributed by atoms with E-state index in [0.717, 1.165) is 38.3 Å². The molecule has 0 bridgehead atoms. The van der Waals surface area contributed by atoms with Crippen molar-refractivity contribution in [3.63, 3.8) is 0 Å². The van der Waals surface area contributed by atoms with Crippen LogP contribution in [0.5, 0.6) is 0 Å². The quantitative estimate of drug-likeness (QED) is 0.473. The number of aryl methyl sites for hydroxylation is 2. The Hall–Kier alpha value is -2.84. The molecule has 1 aliphatic rings. The Morgan fingerprint density at radius 3 is 2.45 bits per heavy atom. The van der Waals surface area contributed by atoms with Gasteiger partial charge in [-0.15, -0.1) is 10.2 Å². The molecule has 2 heterocycles. The Kier molecular flexibility index (Phi) is 6.58. The zero-order valence-electron chi connectivity index (χ0n) is 18.0. The first-order valence-corrected chi connectivity index (χ1v) is 11.4. The van der Waals surface area contributed by atoms with Gasteiger partial charge < -0.3 is 10.7 Å². The van der Waals surface area contributed by atoms with Crippen LogP contribution >= 0.6 is 11.8 Å². The maximum atomic E-state index is 12.7. The first-order chi connectivity index (χ1) is 15.0. The highest BCUT2D eigenvalue weighted by molar-refractivity contribution is 7.99. The highest BCUT2D eigenvalue weighted by atomic mass is 32.2. The molecule has 31 heavy (non-hydrogen) atoms. The second kappa shape index (κ2) is 9.53. The molecule has 2 aromatic carbocycles. The predicted molar refractivity (Wildman–Crippen MR) is 124 cm³/mol. The zero-order chi connectivity index (χ0) is 21.8. The van der Waals surface area contributed by atoms with E-state index < -0.39 is 0 Å². The van der Waals surface area contributed by atoms with Gasteiger partial charge in [0.05, 0.1) is 5.75 Å². The highest BCUT2D eigenvalue weighted by Gasteiger charge is 2.22. The lowest BCUT2D eigenvalue weighted by molar-refractivity contribution is -0.130. The lowest BCUT2D eigenvalue weighted by atomic mass is 10.1. The summed E-state index contributed by atoms with van der Waals surface area (Å²) in [7, 11) is 0. The third-order valence-electron chi connectivity index (χ3n) is 5.51. The van der Waals surface area contributed by atoms with Gasteiger partial charge in [-0.1, -0.05) is 71.4 Å². The molecule has 0 atom stereocenters. The Morgan fingerprint density at radius 1 is 1.00 bits per heavy atom. The summed E-state index contributed by atoms with van der Waals surface area (Å²) in [5, 5.41) is 8.91. The SMILES string of the molecule is Cc1ccc(-c2nnc(SCC(=O)N3CCN(Cc4cccc(C)c4)CC3)n2N)cc1. The maximum Gasteiger partial charge on any atom is 0.233 e. The van der Waals surface area contributed by atoms with E-state index in [1.165, 1.54) is 33.1 Å². The molecule has 1 saturated heterocycles. The molecule has 162 valence electrons. The van der Waals surface area contributed by atoms with Crippen molar-refractivity contribution in [2.24, 2.45) is 0 Å². The van der Waals surface area contributed by atoms with Gasteiger partial charge in [-0.2, -0.15) is 0 Å². The van der Waals surface area contributed by atoms with E-state index in [-0.39, 0.29) is 5.91 Å². The minimum Gasteiger partial charge on any atom is -0.339 e. The molecule has 0 unspecified atom stereocenters. The van der Waals surface area contributed by atoms with Crippen LogP contribution in [0, 0.1) is 13.8 Å². The number of aromatic nitrogens is 3. The molecule has 1 amide bonds. The van der Waals surface area contributed by atoms with Gasteiger partial charge >= 0.3 is 0 Å². The topological polar surface area (TPSA) is 80.3 Å². The summed E-state index contributed by atoms with van der Waals surface area (Å²) >= 11 is 1.33. The van der Waals surface area contributed by atoms with Crippen LogP contribution in [0.4, 0.5) is 0 Å². The fraction of sp³-hybridized carbons (Fsp3) is 0.348.